The van der Waals surface area contributed by atoms with E-state index in [1.807, 2.05) is 24.6 Å². The number of carbonyl (C=O) groups excluding carboxylic acids is 1. The zero-order valence-electron chi connectivity index (χ0n) is 20.2. The van der Waals surface area contributed by atoms with Crippen LogP contribution in [0.3, 0.4) is 0 Å². The van der Waals surface area contributed by atoms with Crippen molar-refractivity contribution in [3.63, 3.8) is 0 Å². The van der Waals surface area contributed by atoms with Crippen molar-refractivity contribution in [1.29, 1.82) is 0 Å². The summed E-state index contributed by atoms with van der Waals surface area (Å²) in [4.78, 5) is 17.3. The Morgan fingerprint density at radius 2 is 1.97 bits per heavy atom. The fraction of sp³-hybridized carbons (Fsp3) is 0.321. The van der Waals surface area contributed by atoms with Gasteiger partial charge >= 0.3 is 0 Å². The second-order valence-corrected chi connectivity index (χ2v) is 9.61. The number of hydrogen-bond donors (Lipinski definition) is 1. The van der Waals surface area contributed by atoms with Crippen LogP contribution in [-0.4, -0.2) is 53.5 Å². The maximum absolute atomic E-state index is 14.3. The number of amides is 1. The van der Waals surface area contributed by atoms with Gasteiger partial charge in [-0.2, -0.15) is 0 Å². The molecule has 0 unspecified atom stereocenters. The van der Waals surface area contributed by atoms with Gasteiger partial charge in [-0.1, -0.05) is 24.3 Å². The number of likely N-dealkylation sites (N-methyl/N-ethyl adjacent to an activating group) is 1. The minimum absolute atomic E-state index is 0.00820. The number of halogens is 1. The van der Waals surface area contributed by atoms with Crippen LogP contribution in [0.4, 0.5) is 4.39 Å². The Kier molecular flexibility index (Phi) is 5.78. The molecular weight excluding hydrogens is 427 g/mol. The Hall–Kier alpha value is -3.38. The lowest BCUT2D eigenvalue weighted by molar-refractivity contribution is 0.0754. The van der Waals surface area contributed by atoms with Crippen molar-refractivity contribution in [2.75, 3.05) is 27.2 Å². The van der Waals surface area contributed by atoms with Gasteiger partial charge in [0.05, 0.1) is 16.6 Å². The predicted octanol–water partition coefficient (Wildman–Crippen LogP) is 2.87. The summed E-state index contributed by atoms with van der Waals surface area (Å²) in [6.45, 7) is 6.68. The minimum atomic E-state index is -0.418. The number of benzene rings is 2. The molecule has 3 aromatic rings. The summed E-state index contributed by atoms with van der Waals surface area (Å²) in [5.74, 6) is -0.613. The summed E-state index contributed by atoms with van der Waals surface area (Å²) in [6, 6.07) is 11.2. The highest BCUT2D eigenvalue weighted by atomic mass is 19.1. The first-order chi connectivity index (χ1) is 16.3. The third kappa shape index (κ3) is 3.92. The van der Waals surface area contributed by atoms with Crippen LogP contribution in [0.2, 0.25) is 0 Å². The van der Waals surface area contributed by atoms with Crippen LogP contribution >= 0.6 is 0 Å². The van der Waals surface area contributed by atoms with Crippen LogP contribution in [0.25, 0.3) is 29.1 Å². The normalized spacial score (nSPS) is 15.1. The van der Waals surface area contributed by atoms with Gasteiger partial charge in [0.15, 0.2) is 0 Å². The van der Waals surface area contributed by atoms with Gasteiger partial charge in [-0.3, -0.25) is 4.79 Å². The average Bonchev–Trinajstić information content (AvgIpc) is 3.22. The van der Waals surface area contributed by atoms with Crippen molar-refractivity contribution in [2.24, 2.45) is 0 Å². The van der Waals surface area contributed by atoms with E-state index in [2.05, 4.69) is 47.7 Å². The molecule has 2 aromatic carbocycles. The highest BCUT2D eigenvalue weighted by Gasteiger charge is 2.22. The molecule has 5 rings (SSSR count). The SMILES string of the molecule is CC(C)N(C)C(=O)c1cc(F)ccc1-n1cc(-c2ccc3c(c2)CCN(C)C3)c2c1=CNCC=2. The van der Waals surface area contributed by atoms with E-state index in [0.717, 1.165) is 42.2 Å². The van der Waals surface area contributed by atoms with E-state index in [0.29, 0.717) is 11.3 Å². The quantitative estimate of drug-likeness (QED) is 0.654. The molecule has 34 heavy (non-hydrogen) atoms. The third-order valence-electron chi connectivity index (χ3n) is 7.01. The summed E-state index contributed by atoms with van der Waals surface area (Å²) in [5.41, 5.74) is 6.09. The molecule has 2 aliphatic heterocycles. The number of rotatable bonds is 4. The topological polar surface area (TPSA) is 40.5 Å². The van der Waals surface area contributed by atoms with E-state index in [-0.39, 0.29) is 11.9 Å². The fourth-order valence-electron chi connectivity index (χ4n) is 4.82. The van der Waals surface area contributed by atoms with Gasteiger partial charge in [-0.15, -0.1) is 0 Å². The molecule has 0 saturated heterocycles. The molecular formula is C28H31FN4O. The lowest BCUT2D eigenvalue weighted by atomic mass is 9.95. The molecule has 3 heterocycles. The first-order valence-corrected chi connectivity index (χ1v) is 11.9. The van der Waals surface area contributed by atoms with Gasteiger partial charge in [0.25, 0.3) is 5.91 Å². The van der Waals surface area contributed by atoms with Gasteiger partial charge in [0.1, 0.15) is 5.82 Å². The van der Waals surface area contributed by atoms with Crippen molar-refractivity contribution >= 4 is 18.2 Å². The highest BCUT2D eigenvalue weighted by molar-refractivity contribution is 5.98. The number of nitrogens with one attached hydrogen (secondary N) is 1. The van der Waals surface area contributed by atoms with Crippen molar-refractivity contribution in [3.05, 3.63) is 75.7 Å². The van der Waals surface area contributed by atoms with Crippen LogP contribution in [0, 0.1) is 5.82 Å². The minimum Gasteiger partial charge on any atom is -0.386 e. The maximum Gasteiger partial charge on any atom is 0.256 e. The first-order valence-electron chi connectivity index (χ1n) is 11.9. The smallest absolute Gasteiger partial charge is 0.256 e. The number of aromatic nitrogens is 1. The van der Waals surface area contributed by atoms with E-state index in [1.165, 1.54) is 28.8 Å². The van der Waals surface area contributed by atoms with Crippen molar-refractivity contribution in [1.82, 2.24) is 19.7 Å². The Balaban J connectivity index is 1.68. The molecule has 0 saturated carbocycles. The summed E-state index contributed by atoms with van der Waals surface area (Å²) in [7, 11) is 3.91. The van der Waals surface area contributed by atoms with Gasteiger partial charge in [0.2, 0.25) is 0 Å². The Labute approximate surface area is 199 Å². The van der Waals surface area contributed by atoms with Crippen LogP contribution in [-0.2, 0) is 13.0 Å². The lowest BCUT2D eigenvalue weighted by Gasteiger charge is -2.25. The van der Waals surface area contributed by atoms with E-state index in [1.54, 1.807) is 18.0 Å². The van der Waals surface area contributed by atoms with Gasteiger partial charge in [-0.05, 0) is 62.2 Å². The third-order valence-corrected chi connectivity index (χ3v) is 7.01. The van der Waals surface area contributed by atoms with Crippen LogP contribution < -0.4 is 15.9 Å². The van der Waals surface area contributed by atoms with Gasteiger partial charge in [-0.25, -0.2) is 4.39 Å². The first kappa shape index (κ1) is 22.4. The molecule has 2 aliphatic rings. The Morgan fingerprint density at radius 1 is 1.15 bits per heavy atom. The van der Waals surface area contributed by atoms with Crippen molar-refractivity contribution in [3.8, 4) is 16.8 Å². The van der Waals surface area contributed by atoms with Gasteiger partial charge < -0.3 is 19.7 Å². The molecule has 1 amide bonds. The molecule has 176 valence electrons. The molecule has 0 radical (unpaired) electrons. The van der Waals surface area contributed by atoms with Crippen molar-refractivity contribution in [2.45, 2.75) is 32.9 Å². The largest absolute Gasteiger partial charge is 0.386 e. The summed E-state index contributed by atoms with van der Waals surface area (Å²) in [6.07, 6.45) is 7.29. The number of hydrogen-bond acceptors (Lipinski definition) is 3. The van der Waals surface area contributed by atoms with Crippen molar-refractivity contribution < 1.29 is 9.18 Å². The molecule has 0 fully saturated rings. The summed E-state index contributed by atoms with van der Waals surface area (Å²) >= 11 is 0. The van der Waals surface area contributed by atoms with E-state index >= 15 is 0 Å². The molecule has 1 N–H and O–H groups in total. The zero-order chi connectivity index (χ0) is 24.0. The summed E-state index contributed by atoms with van der Waals surface area (Å²) < 4.78 is 16.3. The zero-order valence-corrected chi connectivity index (χ0v) is 20.2. The van der Waals surface area contributed by atoms with E-state index < -0.39 is 5.82 Å². The van der Waals surface area contributed by atoms with Gasteiger partial charge in [0, 0.05) is 55.9 Å². The Bertz CT molecular complexity index is 1390. The van der Waals surface area contributed by atoms with E-state index in [9.17, 15) is 9.18 Å². The second-order valence-electron chi connectivity index (χ2n) is 9.61. The second kappa shape index (κ2) is 8.76. The standard InChI is InChI=1S/C28H31FN4O/c1-18(2)32(4)28(34)24-14-22(29)7-8-26(24)33-17-25(23-9-11-30-15-27(23)33)20-5-6-21-16-31(3)12-10-19(21)13-20/h5-9,13-15,17-18,30H,10-12,16H2,1-4H3. The van der Waals surface area contributed by atoms with E-state index in [4.69, 9.17) is 0 Å². The Morgan fingerprint density at radius 3 is 2.76 bits per heavy atom. The monoisotopic (exact) mass is 458 g/mol. The molecule has 0 spiro atoms. The molecule has 0 aliphatic carbocycles. The molecule has 6 heteroatoms. The molecule has 0 atom stereocenters. The highest BCUT2D eigenvalue weighted by Crippen LogP contribution is 2.26. The molecule has 5 nitrogen and oxygen atoms in total. The number of carbonyl (C=O) groups is 1. The predicted molar refractivity (Wildman–Crippen MR) is 135 cm³/mol. The van der Waals surface area contributed by atoms with Crippen LogP contribution in [0.5, 0.6) is 0 Å². The lowest BCUT2D eigenvalue weighted by Crippen LogP contribution is -2.37. The fourth-order valence-corrected chi connectivity index (χ4v) is 4.82. The molecule has 0 bridgehead atoms. The van der Waals surface area contributed by atoms with Crippen LogP contribution in [0.15, 0.2) is 42.6 Å². The number of nitrogens with zero attached hydrogens (tertiary/aromatic N) is 3. The average molecular weight is 459 g/mol. The molecule has 1 aromatic heterocycles. The maximum atomic E-state index is 14.3. The van der Waals surface area contributed by atoms with Crippen LogP contribution in [0.1, 0.15) is 35.3 Å². The summed E-state index contributed by atoms with van der Waals surface area (Å²) in [5, 5.41) is 5.39. The number of fused-ring (bicyclic) bond motifs is 2.